The van der Waals surface area contributed by atoms with Crippen LogP contribution >= 0.6 is 11.6 Å². The number of H-pyrrole nitrogens is 1. The van der Waals surface area contributed by atoms with Gasteiger partial charge in [0.15, 0.2) is 0 Å². The third-order valence-electron chi connectivity index (χ3n) is 5.11. The van der Waals surface area contributed by atoms with Crippen molar-refractivity contribution in [3.05, 3.63) is 65.1 Å². The first-order valence-electron chi connectivity index (χ1n) is 9.49. The van der Waals surface area contributed by atoms with Gasteiger partial charge in [-0.3, -0.25) is 9.59 Å². The fourth-order valence-electron chi connectivity index (χ4n) is 3.62. The minimum atomic E-state index is -0.807. The second-order valence-electron chi connectivity index (χ2n) is 7.15. The number of amides is 2. The predicted molar refractivity (Wildman–Crippen MR) is 109 cm³/mol. The SMILES string of the molecule is O=C(N[C@@H](Cc1ccccc1)C(=O)N1CCCC1O)c1cc2cc(Cl)ncc2[nH]1. The summed E-state index contributed by atoms with van der Waals surface area (Å²) in [5, 5.41) is 14.0. The molecular formula is C21H21ClN4O3. The van der Waals surface area contributed by atoms with Gasteiger partial charge in [0.05, 0.1) is 11.7 Å². The van der Waals surface area contributed by atoms with Crippen molar-refractivity contribution < 1.29 is 14.7 Å². The molecule has 29 heavy (non-hydrogen) atoms. The van der Waals surface area contributed by atoms with Gasteiger partial charge in [-0.2, -0.15) is 0 Å². The average molecular weight is 413 g/mol. The third-order valence-corrected chi connectivity index (χ3v) is 5.31. The van der Waals surface area contributed by atoms with Crippen molar-refractivity contribution in [2.45, 2.75) is 31.5 Å². The van der Waals surface area contributed by atoms with Gasteiger partial charge >= 0.3 is 0 Å². The largest absolute Gasteiger partial charge is 0.374 e. The second kappa shape index (κ2) is 8.23. The molecule has 2 aromatic heterocycles. The van der Waals surface area contributed by atoms with Crippen molar-refractivity contribution >= 4 is 34.3 Å². The Bertz CT molecular complexity index is 1040. The van der Waals surface area contributed by atoms with Crippen LogP contribution < -0.4 is 5.32 Å². The molecule has 1 aromatic carbocycles. The fraction of sp³-hybridized carbons (Fsp3) is 0.286. The maximum Gasteiger partial charge on any atom is 0.268 e. The molecule has 0 bridgehead atoms. The molecule has 0 spiro atoms. The van der Waals surface area contributed by atoms with E-state index in [1.165, 1.54) is 4.90 Å². The molecule has 2 atom stereocenters. The lowest BCUT2D eigenvalue weighted by Crippen LogP contribution is -2.51. The molecule has 150 valence electrons. The maximum absolute atomic E-state index is 13.1. The number of fused-ring (bicyclic) bond motifs is 1. The van der Waals surface area contributed by atoms with Crippen molar-refractivity contribution in [2.24, 2.45) is 0 Å². The van der Waals surface area contributed by atoms with Gasteiger partial charge in [-0.25, -0.2) is 4.98 Å². The van der Waals surface area contributed by atoms with E-state index in [9.17, 15) is 14.7 Å². The molecule has 0 saturated carbocycles. The van der Waals surface area contributed by atoms with Crippen LogP contribution in [0.15, 0.2) is 48.7 Å². The summed E-state index contributed by atoms with van der Waals surface area (Å²) in [7, 11) is 0. The van der Waals surface area contributed by atoms with Crippen LogP contribution in [0.4, 0.5) is 0 Å². The molecule has 3 aromatic rings. The zero-order valence-corrected chi connectivity index (χ0v) is 16.4. The molecule has 2 amide bonds. The molecule has 1 unspecified atom stereocenters. The molecule has 3 N–H and O–H groups in total. The Morgan fingerprint density at radius 1 is 1.31 bits per heavy atom. The number of hydrogen-bond acceptors (Lipinski definition) is 4. The number of nitrogens with zero attached hydrogens (tertiary/aromatic N) is 2. The van der Waals surface area contributed by atoms with Gasteiger partial charge in [0.2, 0.25) is 5.91 Å². The number of aromatic amines is 1. The monoisotopic (exact) mass is 412 g/mol. The van der Waals surface area contributed by atoms with E-state index < -0.39 is 18.2 Å². The number of likely N-dealkylation sites (tertiary alicyclic amines) is 1. The highest BCUT2D eigenvalue weighted by Crippen LogP contribution is 2.20. The first-order chi connectivity index (χ1) is 14.0. The molecule has 4 rings (SSSR count). The van der Waals surface area contributed by atoms with Gasteiger partial charge < -0.3 is 20.3 Å². The van der Waals surface area contributed by atoms with Crippen molar-refractivity contribution in [2.75, 3.05) is 6.54 Å². The van der Waals surface area contributed by atoms with Gasteiger partial charge in [0.25, 0.3) is 5.91 Å². The van der Waals surface area contributed by atoms with Crippen molar-refractivity contribution in [3.63, 3.8) is 0 Å². The van der Waals surface area contributed by atoms with E-state index >= 15 is 0 Å². The minimum absolute atomic E-state index is 0.284. The molecule has 0 radical (unpaired) electrons. The average Bonchev–Trinajstić information content (AvgIpc) is 3.33. The summed E-state index contributed by atoms with van der Waals surface area (Å²) in [6, 6.07) is 12.0. The molecule has 0 aliphatic carbocycles. The molecule has 7 nitrogen and oxygen atoms in total. The normalized spacial score (nSPS) is 17.4. The molecule has 1 fully saturated rings. The number of aliphatic hydroxyl groups is 1. The molecule has 1 aliphatic heterocycles. The van der Waals surface area contributed by atoms with Crippen molar-refractivity contribution in [1.29, 1.82) is 0 Å². The molecule has 1 aliphatic rings. The van der Waals surface area contributed by atoms with Crippen molar-refractivity contribution in [3.8, 4) is 0 Å². The number of hydrogen-bond donors (Lipinski definition) is 3. The topological polar surface area (TPSA) is 98.3 Å². The lowest BCUT2D eigenvalue weighted by Gasteiger charge is -2.26. The molecular weight excluding hydrogens is 392 g/mol. The number of nitrogens with one attached hydrogen (secondary N) is 2. The van der Waals surface area contributed by atoms with Gasteiger partial charge in [0.1, 0.15) is 23.1 Å². The Balaban J connectivity index is 1.57. The highest BCUT2D eigenvalue weighted by Gasteiger charge is 2.33. The van der Waals surface area contributed by atoms with E-state index in [1.807, 2.05) is 30.3 Å². The summed E-state index contributed by atoms with van der Waals surface area (Å²) in [4.78, 5) is 34.4. The van der Waals surface area contributed by atoms with Crippen LogP contribution in [0.1, 0.15) is 28.9 Å². The summed E-state index contributed by atoms with van der Waals surface area (Å²) in [5.41, 5.74) is 1.92. The van der Waals surface area contributed by atoms with Gasteiger partial charge in [0, 0.05) is 18.4 Å². The van der Waals surface area contributed by atoms with Crippen LogP contribution in [0.3, 0.4) is 0 Å². The summed E-state index contributed by atoms with van der Waals surface area (Å²) >= 11 is 5.91. The molecule has 3 heterocycles. The van der Waals surface area contributed by atoms with E-state index in [4.69, 9.17) is 11.6 Å². The summed E-state index contributed by atoms with van der Waals surface area (Å²) in [6.07, 6.45) is 2.38. The molecule has 1 saturated heterocycles. The highest BCUT2D eigenvalue weighted by atomic mass is 35.5. The number of benzene rings is 1. The fourth-order valence-corrected chi connectivity index (χ4v) is 3.79. The number of carbonyl (C=O) groups is 2. The second-order valence-corrected chi connectivity index (χ2v) is 7.53. The number of pyridine rings is 1. The van der Waals surface area contributed by atoms with Crippen LogP contribution in [-0.4, -0.2) is 50.6 Å². The Kier molecular flexibility index (Phi) is 5.51. The Morgan fingerprint density at radius 3 is 2.83 bits per heavy atom. The number of carbonyl (C=O) groups excluding carboxylic acids is 2. The van der Waals surface area contributed by atoms with Gasteiger partial charge in [-0.1, -0.05) is 41.9 Å². The summed E-state index contributed by atoms with van der Waals surface area (Å²) < 4.78 is 0. The van der Waals surface area contributed by atoms with Crippen LogP contribution in [0.2, 0.25) is 5.15 Å². The van der Waals surface area contributed by atoms with Crippen LogP contribution in [0.25, 0.3) is 10.9 Å². The van der Waals surface area contributed by atoms with E-state index in [2.05, 4.69) is 15.3 Å². The number of rotatable bonds is 5. The molecule has 8 heteroatoms. The zero-order valence-electron chi connectivity index (χ0n) is 15.6. The van der Waals surface area contributed by atoms with E-state index in [0.717, 1.165) is 17.4 Å². The highest BCUT2D eigenvalue weighted by molar-refractivity contribution is 6.30. The van der Waals surface area contributed by atoms with Crippen LogP contribution in [-0.2, 0) is 11.2 Å². The third kappa shape index (κ3) is 4.26. The summed E-state index contributed by atoms with van der Waals surface area (Å²) in [6.45, 7) is 0.484. The Hall–Kier alpha value is -2.90. The first kappa shape index (κ1) is 19.4. The lowest BCUT2D eigenvalue weighted by atomic mass is 10.0. The Labute approximate surface area is 172 Å². The Morgan fingerprint density at radius 2 is 2.10 bits per heavy atom. The number of aromatic nitrogens is 2. The van der Waals surface area contributed by atoms with Crippen LogP contribution in [0, 0.1) is 0 Å². The van der Waals surface area contributed by atoms with Gasteiger partial charge in [-0.05, 0) is 30.5 Å². The van der Waals surface area contributed by atoms with E-state index in [1.54, 1.807) is 18.3 Å². The number of aliphatic hydroxyl groups excluding tert-OH is 1. The maximum atomic E-state index is 13.1. The van der Waals surface area contributed by atoms with Crippen molar-refractivity contribution in [1.82, 2.24) is 20.2 Å². The zero-order chi connectivity index (χ0) is 20.4. The first-order valence-corrected chi connectivity index (χ1v) is 9.86. The predicted octanol–water partition coefficient (Wildman–Crippen LogP) is 2.50. The standard InChI is InChI=1S/C21H21ClN4O3/c22-18-11-14-10-15(24-17(14)12-23-18)20(28)25-16(9-13-5-2-1-3-6-13)21(29)26-8-4-7-19(26)27/h1-3,5-6,10-12,16,19,24,27H,4,7-9H2,(H,25,28)/t16-,19?/m0/s1. The summed E-state index contributed by atoms with van der Waals surface area (Å²) in [5.74, 6) is -0.687. The van der Waals surface area contributed by atoms with E-state index in [0.29, 0.717) is 35.8 Å². The van der Waals surface area contributed by atoms with Gasteiger partial charge in [-0.15, -0.1) is 0 Å². The smallest absolute Gasteiger partial charge is 0.268 e. The minimum Gasteiger partial charge on any atom is -0.374 e. The van der Waals surface area contributed by atoms with Crippen LogP contribution in [0.5, 0.6) is 0 Å². The van der Waals surface area contributed by atoms with E-state index in [-0.39, 0.29) is 5.91 Å². The quantitative estimate of drug-likeness (QED) is 0.561. The number of halogens is 1. The lowest BCUT2D eigenvalue weighted by molar-refractivity contribution is -0.140.